The van der Waals surface area contributed by atoms with Gasteiger partial charge in [0.1, 0.15) is 0 Å². The second kappa shape index (κ2) is 14.9. The second-order valence-corrected chi connectivity index (χ2v) is 14.6. The third kappa shape index (κ3) is 8.37. The Balaban J connectivity index is 0.00000541. The fourth-order valence-corrected chi connectivity index (χ4v) is 7.70. The van der Waals surface area contributed by atoms with Gasteiger partial charge >= 0.3 is 16.3 Å². The normalized spacial score (nSPS) is 15.6. The van der Waals surface area contributed by atoms with Crippen molar-refractivity contribution in [3.05, 3.63) is 101 Å². The van der Waals surface area contributed by atoms with Crippen LogP contribution in [-0.2, 0) is 29.3 Å². The highest BCUT2D eigenvalue weighted by Crippen LogP contribution is 2.41. The van der Waals surface area contributed by atoms with E-state index in [0.29, 0.717) is 48.0 Å². The monoisotopic (exact) mass is 728 g/mol. The van der Waals surface area contributed by atoms with Crippen LogP contribution in [0.3, 0.4) is 0 Å². The predicted octanol–water partition coefficient (Wildman–Crippen LogP) is 3.22. The number of carbonyl (C=O) groups excluding carboxylic acids is 2. The Morgan fingerprint density at radius 1 is 0.980 bits per heavy atom. The number of amides is 1. The molecule has 2 unspecified atom stereocenters. The number of nitrogens with two attached hydrogens (primary N) is 3. The van der Waals surface area contributed by atoms with Crippen molar-refractivity contribution >= 4 is 61.3 Å². The van der Waals surface area contributed by atoms with Crippen molar-refractivity contribution in [2.24, 2.45) is 16.6 Å². The molecule has 1 amide bonds. The lowest BCUT2D eigenvalue weighted by atomic mass is 9.77. The van der Waals surface area contributed by atoms with Crippen LogP contribution in [0.15, 0.2) is 83.8 Å². The van der Waals surface area contributed by atoms with E-state index in [4.69, 9.17) is 22.0 Å². The molecule has 13 nitrogen and oxygen atoms in total. The highest BCUT2D eigenvalue weighted by molar-refractivity contribution is 7.89. The summed E-state index contributed by atoms with van der Waals surface area (Å²) in [5.74, 6) is -3.96. The Labute approximate surface area is 291 Å². The maximum atomic E-state index is 13.6. The van der Waals surface area contributed by atoms with E-state index in [9.17, 15) is 26.4 Å². The number of benzene rings is 4. The molecule has 49 heavy (non-hydrogen) atoms. The molecule has 4 aromatic rings. The minimum Gasteiger partial charge on any atom is -0.370 e. The van der Waals surface area contributed by atoms with Crippen LogP contribution in [0.5, 0.6) is 0 Å². The average Bonchev–Trinajstić information content (AvgIpc) is 3.04. The maximum absolute atomic E-state index is 13.6. The van der Waals surface area contributed by atoms with Crippen LogP contribution in [0.1, 0.15) is 51.7 Å². The summed E-state index contributed by atoms with van der Waals surface area (Å²) < 4.78 is 58.2. The largest absolute Gasteiger partial charge is 0.382 e. The molecule has 0 spiro atoms. The summed E-state index contributed by atoms with van der Waals surface area (Å²) in [4.78, 5) is 28.5. The van der Waals surface area contributed by atoms with Crippen molar-refractivity contribution in [3.8, 4) is 11.1 Å². The van der Waals surface area contributed by atoms with Gasteiger partial charge in [0, 0.05) is 31.1 Å². The van der Waals surface area contributed by atoms with Crippen molar-refractivity contribution < 1.29 is 30.6 Å². The van der Waals surface area contributed by atoms with E-state index < -0.39 is 44.7 Å². The van der Waals surface area contributed by atoms with Crippen molar-refractivity contribution in [3.63, 3.8) is 0 Å². The van der Waals surface area contributed by atoms with E-state index in [-0.39, 0.29) is 45.9 Å². The number of halogens is 1. The summed E-state index contributed by atoms with van der Waals surface area (Å²) in [7, 11) is -8.92. The molecule has 16 heteroatoms. The first-order chi connectivity index (χ1) is 22.7. The lowest BCUT2D eigenvalue weighted by Crippen LogP contribution is -2.43. The number of carbonyl (C=O) groups is 2. The molecule has 260 valence electrons. The molecule has 1 heterocycles. The number of nitrogens with zero attached hydrogens (tertiary/aromatic N) is 1. The van der Waals surface area contributed by atoms with Gasteiger partial charge in [-0.05, 0) is 71.0 Å². The first kappa shape index (κ1) is 37.3. The van der Waals surface area contributed by atoms with Gasteiger partial charge in [-0.25, -0.2) is 17.9 Å². The first-order valence-electron chi connectivity index (χ1n) is 15.0. The van der Waals surface area contributed by atoms with Crippen LogP contribution in [-0.4, -0.2) is 59.2 Å². The first-order valence-corrected chi connectivity index (χ1v) is 18.0. The Morgan fingerprint density at radius 2 is 1.63 bits per heavy atom. The molecule has 0 aromatic heterocycles. The van der Waals surface area contributed by atoms with Gasteiger partial charge in [-0.3, -0.25) is 10.2 Å². The van der Waals surface area contributed by atoms with Gasteiger partial charge in [0.15, 0.2) is 5.96 Å². The Kier molecular flexibility index (Phi) is 11.4. The molecular weight excluding hydrogens is 692 g/mol. The Bertz CT molecular complexity index is 2130. The van der Waals surface area contributed by atoms with Gasteiger partial charge in [-0.15, -0.1) is 12.4 Å². The minimum atomic E-state index is -4.75. The van der Waals surface area contributed by atoms with Crippen LogP contribution < -0.4 is 21.3 Å². The van der Waals surface area contributed by atoms with Crippen molar-refractivity contribution in [2.75, 3.05) is 19.6 Å². The number of primary amides is 1. The zero-order valence-corrected chi connectivity index (χ0v) is 28.9. The van der Waals surface area contributed by atoms with Gasteiger partial charge in [-0.1, -0.05) is 60.7 Å². The highest BCUT2D eigenvalue weighted by Gasteiger charge is 2.34. The number of nitrogens with one attached hydrogen (secondary N) is 2. The summed E-state index contributed by atoms with van der Waals surface area (Å²) in [6.45, 7) is 2.09. The predicted molar refractivity (Wildman–Crippen MR) is 189 cm³/mol. The highest BCUT2D eigenvalue weighted by atomic mass is 35.5. The number of likely N-dealkylation sites (tertiary alicyclic amines) is 1. The summed E-state index contributed by atoms with van der Waals surface area (Å²) in [6.07, 6.45) is 1.27. The molecule has 1 fully saturated rings. The van der Waals surface area contributed by atoms with E-state index in [1.54, 1.807) is 60.4 Å². The number of rotatable bonds is 10. The quantitative estimate of drug-likeness (QED) is 0.119. The summed E-state index contributed by atoms with van der Waals surface area (Å²) in [5.41, 5.74) is 13.4. The molecule has 1 aliphatic rings. The molecule has 5 rings (SSSR count). The zero-order chi connectivity index (χ0) is 34.8. The number of guanidine groups is 1. The molecule has 2 atom stereocenters. The summed E-state index contributed by atoms with van der Waals surface area (Å²) in [6, 6.07) is 21.8. The molecule has 0 bridgehead atoms. The van der Waals surface area contributed by atoms with Crippen LogP contribution in [0.25, 0.3) is 21.9 Å². The van der Waals surface area contributed by atoms with Crippen LogP contribution in [0, 0.1) is 12.3 Å². The van der Waals surface area contributed by atoms with Crippen molar-refractivity contribution in [2.45, 2.75) is 36.5 Å². The molecule has 0 radical (unpaired) electrons. The lowest BCUT2D eigenvalue weighted by Gasteiger charge is -2.35. The average molecular weight is 729 g/mol. The fraction of sp³-hybridized carbons (Fsp3) is 0.242. The summed E-state index contributed by atoms with van der Waals surface area (Å²) in [5, 5.41) is 14.6. The molecule has 8 N–H and O–H groups in total. The van der Waals surface area contributed by atoms with E-state index in [2.05, 4.69) is 8.91 Å². The van der Waals surface area contributed by atoms with Crippen molar-refractivity contribution in [1.82, 2.24) is 9.62 Å². The van der Waals surface area contributed by atoms with E-state index in [0.717, 1.165) is 5.39 Å². The topological polar surface area (TPSA) is 229 Å². The number of hydrogen-bond acceptors (Lipinski definition) is 8. The number of piperidine rings is 1. The molecule has 4 aromatic carbocycles. The SMILES string of the molecule is Cc1c(C2CCCN(C(=N)N)C2)cc(C(=O)OS(N)(=O)=O)c(-c2ccccc2)c1C(CNS(=O)(=O)c1ccc2ccccc2c1)C(N)=O.Cl. The second-order valence-electron chi connectivity index (χ2n) is 11.6. The number of fused-ring (bicyclic) bond motifs is 1. The van der Waals surface area contributed by atoms with Crippen LogP contribution >= 0.6 is 12.4 Å². The Morgan fingerprint density at radius 3 is 2.27 bits per heavy atom. The van der Waals surface area contributed by atoms with E-state index >= 15 is 0 Å². The van der Waals surface area contributed by atoms with Gasteiger partial charge in [0.25, 0.3) is 0 Å². The smallest absolute Gasteiger partial charge is 0.370 e. The lowest BCUT2D eigenvalue weighted by molar-refractivity contribution is -0.119. The van der Waals surface area contributed by atoms with Gasteiger partial charge < -0.3 is 20.6 Å². The maximum Gasteiger partial charge on any atom is 0.382 e. The number of sulfonamides is 1. The molecule has 1 aliphatic heterocycles. The standard InChI is InChI=1S/C33H36N6O7S2.ClH/c1-20-26(24-12-7-15-39(19-24)33(35)36)17-27(32(41)46-48(37,44)45)30(22-9-3-2-4-10-22)29(20)28(31(34)40)18-38-47(42,43)25-14-13-21-8-5-6-11-23(21)16-25;/h2-6,8-11,13-14,16-17,24,28,38H,7,12,15,18-19H2,1H3,(H2,34,40)(H3,35,36)(H2,37,44,45);1H. The fourth-order valence-electron chi connectivity index (χ4n) is 6.32. The minimum absolute atomic E-state index is 0. The van der Waals surface area contributed by atoms with E-state index in [1.807, 2.05) is 12.1 Å². The third-order valence-corrected chi connectivity index (χ3v) is 10.4. The van der Waals surface area contributed by atoms with Crippen molar-refractivity contribution in [1.29, 1.82) is 5.41 Å². The van der Waals surface area contributed by atoms with E-state index in [1.165, 1.54) is 18.2 Å². The Hall–Kier alpha value is -4.54. The van der Waals surface area contributed by atoms with Crippen LogP contribution in [0.4, 0.5) is 0 Å². The van der Waals surface area contributed by atoms with Crippen LogP contribution in [0.2, 0.25) is 0 Å². The number of hydrogen-bond donors (Lipinski definition) is 5. The third-order valence-electron chi connectivity index (χ3n) is 8.55. The molecule has 1 saturated heterocycles. The van der Waals surface area contributed by atoms with Gasteiger partial charge in [0.05, 0.1) is 16.4 Å². The summed E-state index contributed by atoms with van der Waals surface area (Å²) >= 11 is 0. The molecule has 0 saturated carbocycles. The zero-order valence-electron chi connectivity index (χ0n) is 26.5. The van der Waals surface area contributed by atoms with Gasteiger partial charge in [0.2, 0.25) is 15.9 Å². The molecule has 0 aliphatic carbocycles. The van der Waals surface area contributed by atoms with Gasteiger partial charge in [-0.2, -0.15) is 13.6 Å². The molecular formula is C33H37ClN6O7S2.